The van der Waals surface area contributed by atoms with Crippen LogP contribution in [0.4, 0.5) is 10.1 Å². The third kappa shape index (κ3) is 6.98. The second-order valence-corrected chi connectivity index (χ2v) is 11.3. The predicted octanol–water partition coefficient (Wildman–Crippen LogP) is 4.57. The smallest absolute Gasteiger partial charge is 0.309 e. The highest BCUT2D eigenvalue weighted by atomic mass is 32.2. The summed E-state index contributed by atoms with van der Waals surface area (Å²) in [6.45, 7) is 3.12. The van der Waals surface area contributed by atoms with Crippen molar-refractivity contribution in [3.05, 3.63) is 89.2 Å². The van der Waals surface area contributed by atoms with Gasteiger partial charge in [-0.2, -0.15) is 0 Å². The molecule has 10 heteroatoms. The number of hydrogen-bond donors (Lipinski definition) is 1. The fourth-order valence-corrected chi connectivity index (χ4v) is 6.08. The molecule has 1 aliphatic heterocycles. The van der Waals surface area contributed by atoms with Gasteiger partial charge >= 0.3 is 5.97 Å². The van der Waals surface area contributed by atoms with Crippen molar-refractivity contribution in [2.24, 2.45) is 5.92 Å². The Kier molecular flexibility index (Phi) is 9.42. The number of ether oxygens (including phenoxy) is 2. The van der Waals surface area contributed by atoms with Crippen LogP contribution >= 0.6 is 0 Å². The highest BCUT2D eigenvalue weighted by molar-refractivity contribution is 7.92. The Balaban J connectivity index is 1.40. The summed E-state index contributed by atoms with van der Waals surface area (Å²) in [5.74, 6) is -0.660. The Bertz CT molecular complexity index is 1450. The third-order valence-corrected chi connectivity index (χ3v) is 8.33. The lowest BCUT2D eigenvalue weighted by Gasteiger charge is -2.31. The van der Waals surface area contributed by atoms with Crippen molar-refractivity contribution in [1.29, 1.82) is 0 Å². The number of hydrogen-bond acceptors (Lipinski definition) is 6. The largest absolute Gasteiger partial charge is 0.495 e. The number of amides is 1. The van der Waals surface area contributed by atoms with E-state index in [0.717, 1.165) is 5.56 Å². The second kappa shape index (κ2) is 13.0. The number of halogens is 1. The van der Waals surface area contributed by atoms with Crippen molar-refractivity contribution >= 4 is 27.6 Å². The summed E-state index contributed by atoms with van der Waals surface area (Å²) in [4.78, 5) is 26.4. The van der Waals surface area contributed by atoms with Crippen molar-refractivity contribution in [2.45, 2.75) is 37.5 Å². The van der Waals surface area contributed by atoms with Gasteiger partial charge in [0.2, 0.25) is 5.91 Å². The summed E-state index contributed by atoms with van der Waals surface area (Å²) in [5, 5.41) is 0. The third-order valence-electron chi connectivity index (χ3n) is 6.92. The first-order valence-corrected chi connectivity index (χ1v) is 14.7. The van der Waals surface area contributed by atoms with E-state index in [9.17, 15) is 22.4 Å². The Hall–Kier alpha value is -3.92. The van der Waals surface area contributed by atoms with E-state index in [0.29, 0.717) is 49.4 Å². The molecule has 1 N–H and O–H groups in total. The minimum atomic E-state index is -4.03. The molecule has 0 aliphatic carbocycles. The van der Waals surface area contributed by atoms with Gasteiger partial charge < -0.3 is 14.4 Å². The summed E-state index contributed by atoms with van der Waals surface area (Å²) >= 11 is 0. The molecular formula is C30H33FN2O6S. The van der Waals surface area contributed by atoms with Crippen LogP contribution in [0.1, 0.15) is 36.5 Å². The van der Waals surface area contributed by atoms with Gasteiger partial charge in [0.05, 0.1) is 26.1 Å². The summed E-state index contributed by atoms with van der Waals surface area (Å²) in [6.07, 6.45) is 1.50. The molecule has 1 heterocycles. The van der Waals surface area contributed by atoms with Gasteiger partial charge in [-0.1, -0.05) is 42.5 Å². The fraction of sp³-hybridized carbons (Fsp3) is 0.333. The van der Waals surface area contributed by atoms with Crippen LogP contribution in [0.15, 0.2) is 71.6 Å². The number of esters is 1. The van der Waals surface area contributed by atoms with Crippen molar-refractivity contribution < 1.29 is 31.9 Å². The molecule has 0 unspecified atom stereocenters. The van der Waals surface area contributed by atoms with Gasteiger partial charge in [-0.15, -0.1) is 0 Å². The number of para-hydroxylation sites is 1. The lowest BCUT2D eigenvalue weighted by atomic mass is 9.96. The SMILES string of the molecule is CCOC(=O)C1CCN(C(=O)Cc2ccc(NS(=O)(=O)c3cccc(Cc4ccccc4F)c3OC)cc2)CC1. The highest BCUT2D eigenvalue weighted by Crippen LogP contribution is 2.31. The Labute approximate surface area is 234 Å². The maximum absolute atomic E-state index is 14.2. The minimum absolute atomic E-state index is 0.0490. The maximum Gasteiger partial charge on any atom is 0.309 e. The molecule has 40 heavy (non-hydrogen) atoms. The van der Waals surface area contributed by atoms with Crippen LogP contribution in [0.3, 0.4) is 0 Å². The monoisotopic (exact) mass is 568 g/mol. The molecule has 1 fully saturated rings. The van der Waals surface area contributed by atoms with E-state index >= 15 is 0 Å². The number of benzene rings is 3. The van der Waals surface area contributed by atoms with E-state index in [1.54, 1.807) is 66.4 Å². The zero-order valence-corrected chi connectivity index (χ0v) is 23.4. The van der Waals surface area contributed by atoms with Gasteiger partial charge in [-0.05, 0) is 55.2 Å². The molecule has 8 nitrogen and oxygen atoms in total. The second-order valence-electron chi connectivity index (χ2n) is 9.60. The van der Waals surface area contributed by atoms with Crippen LogP contribution in [0.2, 0.25) is 0 Å². The Morgan fingerprint density at radius 1 is 0.975 bits per heavy atom. The molecule has 0 spiro atoms. The number of nitrogens with zero attached hydrogens (tertiary/aromatic N) is 1. The molecule has 0 radical (unpaired) electrons. The number of sulfonamides is 1. The number of likely N-dealkylation sites (tertiary alicyclic amines) is 1. The molecule has 0 saturated carbocycles. The average Bonchev–Trinajstić information content (AvgIpc) is 2.95. The van der Waals surface area contributed by atoms with Gasteiger partial charge in [0.25, 0.3) is 10.0 Å². The first-order valence-electron chi connectivity index (χ1n) is 13.2. The fourth-order valence-electron chi connectivity index (χ4n) is 4.80. The molecule has 0 aromatic heterocycles. The van der Waals surface area contributed by atoms with Gasteiger partial charge in [-0.3, -0.25) is 14.3 Å². The van der Waals surface area contributed by atoms with E-state index < -0.39 is 10.0 Å². The number of anilines is 1. The van der Waals surface area contributed by atoms with E-state index in [1.807, 2.05) is 0 Å². The molecule has 3 aromatic rings. The first kappa shape index (κ1) is 29.1. The Morgan fingerprint density at radius 2 is 1.65 bits per heavy atom. The molecule has 3 aromatic carbocycles. The molecular weight excluding hydrogens is 535 g/mol. The van der Waals surface area contributed by atoms with Crippen LogP contribution in [-0.4, -0.2) is 52.0 Å². The Morgan fingerprint density at radius 3 is 2.30 bits per heavy atom. The zero-order valence-electron chi connectivity index (χ0n) is 22.6. The predicted molar refractivity (Wildman–Crippen MR) is 149 cm³/mol. The highest BCUT2D eigenvalue weighted by Gasteiger charge is 2.28. The van der Waals surface area contributed by atoms with E-state index in [4.69, 9.17) is 9.47 Å². The molecule has 4 rings (SSSR count). The first-order chi connectivity index (χ1) is 19.2. The molecule has 0 atom stereocenters. The molecule has 1 saturated heterocycles. The summed E-state index contributed by atoms with van der Waals surface area (Å²) < 4.78 is 53.9. The van der Waals surface area contributed by atoms with E-state index in [-0.39, 0.29) is 47.1 Å². The van der Waals surface area contributed by atoms with Crippen LogP contribution in [0.5, 0.6) is 5.75 Å². The summed E-state index contributed by atoms with van der Waals surface area (Å²) in [7, 11) is -2.65. The summed E-state index contributed by atoms with van der Waals surface area (Å²) in [6, 6.07) is 17.7. The van der Waals surface area contributed by atoms with Gasteiger partial charge in [0.1, 0.15) is 16.5 Å². The molecule has 1 amide bonds. The van der Waals surface area contributed by atoms with Crippen LogP contribution < -0.4 is 9.46 Å². The standard InChI is InChI=1S/C30H33FN2O6S/c1-3-39-30(35)22-15-17-33(18-16-22)28(34)19-21-11-13-25(14-12-21)32-40(36,37)27-10-6-8-24(29(27)38-2)20-23-7-4-5-9-26(23)31/h4-14,22,32H,3,15-20H2,1-2H3. The van der Waals surface area contributed by atoms with Crippen LogP contribution in [0, 0.1) is 11.7 Å². The number of rotatable bonds is 10. The van der Waals surface area contributed by atoms with Crippen molar-refractivity contribution in [2.75, 3.05) is 31.5 Å². The lowest BCUT2D eigenvalue weighted by Crippen LogP contribution is -2.41. The number of methoxy groups -OCH3 is 1. The number of carbonyl (C=O) groups excluding carboxylic acids is 2. The lowest BCUT2D eigenvalue weighted by molar-refractivity contribution is -0.151. The normalized spacial score (nSPS) is 14.0. The number of carbonyl (C=O) groups is 2. The van der Waals surface area contributed by atoms with E-state index in [2.05, 4.69) is 4.72 Å². The zero-order chi connectivity index (χ0) is 28.7. The minimum Gasteiger partial charge on any atom is -0.495 e. The average molecular weight is 569 g/mol. The summed E-state index contributed by atoms with van der Waals surface area (Å²) in [5.41, 5.74) is 2.03. The quantitative estimate of drug-likeness (QED) is 0.360. The van der Waals surface area contributed by atoms with E-state index in [1.165, 1.54) is 19.2 Å². The number of nitrogens with one attached hydrogen (secondary N) is 1. The molecule has 1 aliphatic rings. The molecule has 212 valence electrons. The van der Waals surface area contributed by atoms with Gasteiger partial charge in [-0.25, -0.2) is 12.8 Å². The van der Waals surface area contributed by atoms with Gasteiger partial charge in [0.15, 0.2) is 0 Å². The maximum atomic E-state index is 14.2. The van der Waals surface area contributed by atoms with Crippen molar-refractivity contribution in [3.8, 4) is 5.75 Å². The van der Waals surface area contributed by atoms with Crippen molar-refractivity contribution in [1.82, 2.24) is 4.90 Å². The van der Waals surface area contributed by atoms with Crippen LogP contribution in [-0.2, 0) is 37.2 Å². The van der Waals surface area contributed by atoms with Crippen molar-refractivity contribution in [3.63, 3.8) is 0 Å². The number of piperidine rings is 1. The van der Waals surface area contributed by atoms with Gasteiger partial charge in [0, 0.05) is 30.8 Å². The molecule has 0 bridgehead atoms. The van der Waals surface area contributed by atoms with Crippen LogP contribution in [0.25, 0.3) is 0 Å². The topological polar surface area (TPSA) is 102 Å².